The zero-order valence-electron chi connectivity index (χ0n) is 11.0. The van der Waals surface area contributed by atoms with E-state index >= 15 is 0 Å². The standard InChI is InChI=1S/C14H20O4/c1-4-18-11-7-5-6-10(8-11)13(15)12(9(2)3)14(16)17/h5-9,12-13,15H,4H2,1-3H3,(H,16,17). The van der Waals surface area contributed by atoms with Crippen molar-refractivity contribution in [3.8, 4) is 5.75 Å². The van der Waals surface area contributed by atoms with Crippen molar-refractivity contribution in [1.29, 1.82) is 0 Å². The summed E-state index contributed by atoms with van der Waals surface area (Å²) in [6, 6.07) is 6.94. The Kier molecular flexibility index (Phi) is 5.16. The lowest BCUT2D eigenvalue weighted by molar-refractivity contribution is -0.148. The molecule has 0 radical (unpaired) electrons. The molecule has 2 atom stereocenters. The Balaban J connectivity index is 2.97. The summed E-state index contributed by atoms with van der Waals surface area (Å²) >= 11 is 0. The molecule has 0 aliphatic heterocycles. The summed E-state index contributed by atoms with van der Waals surface area (Å²) in [5.74, 6) is -1.31. The Labute approximate surface area is 107 Å². The molecule has 0 amide bonds. The van der Waals surface area contributed by atoms with Crippen molar-refractivity contribution in [1.82, 2.24) is 0 Å². The molecule has 0 bridgehead atoms. The summed E-state index contributed by atoms with van der Waals surface area (Å²) in [6.07, 6.45) is -1.03. The van der Waals surface area contributed by atoms with Gasteiger partial charge in [-0.2, -0.15) is 0 Å². The van der Waals surface area contributed by atoms with Crippen LogP contribution in [0.15, 0.2) is 24.3 Å². The number of aliphatic hydroxyl groups excluding tert-OH is 1. The Morgan fingerprint density at radius 1 is 1.39 bits per heavy atom. The van der Waals surface area contributed by atoms with Gasteiger partial charge < -0.3 is 14.9 Å². The van der Waals surface area contributed by atoms with Crippen molar-refractivity contribution in [2.75, 3.05) is 6.61 Å². The largest absolute Gasteiger partial charge is 0.494 e. The second-order valence-corrected chi connectivity index (χ2v) is 4.56. The molecule has 2 unspecified atom stereocenters. The quantitative estimate of drug-likeness (QED) is 0.816. The third-order valence-corrected chi connectivity index (χ3v) is 2.85. The van der Waals surface area contributed by atoms with E-state index in [1.807, 2.05) is 6.92 Å². The van der Waals surface area contributed by atoms with Gasteiger partial charge in [-0.1, -0.05) is 26.0 Å². The van der Waals surface area contributed by atoms with Gasteiger partial charge in [-0.25, -0.2) is 0 Å². The predicted molar refractivity (Wildman–Crippen MR) is 68.5 cm³/mol. The van der Waals surface area contributed by atoms with Crippen molar-refractivity contribution < 1.29 is 19.7 Å². The molecule has 0 aliphatic carbocycles. The minimum Gasteiger partial charge on any atom is -0.494 e. The predicted octanol–water partition coefficient (Wildman–Crippen LogP) is 2.48. The number of carboxylic acids is 1. The highest BCUT2D eigenvalue weighted by atomic mass is 16.5. The summed E-state index contributed by atoms with van der Waals surface area (Å²) in [7, 11) is 0. The van der Waals surface area contributed by atoms with Gasteiger partial charge in [0.25, 0.3) is 0 Å². The van der Waals surface area contributed by atoms with E-state index in [1.54, 1.807) is 38.1 Å². The first-order valence-corrected chi connectivity index (χ1v) is 6.11. The van der Waals surface area contributed by atoms with Gasteiger partial charge in [-0.15, -0.1) is 0 Å². The molecule has 0 spiro atoms. The van der Waals surface area contributed by atoms with E-state index in [4.69, 9.17) is 9.84 Å². The third kappa shape index (κ3) is 3.47. The van der Waals surface area contributed by atoms with Crippen LogP contribution in [0.1, 0.15) is 32.4 Å². The second-order valence-electron chi connectivity index (χ2n) is 4.56. The molecule has 0 aromatic heterocycles. The number of benzene rings is 1. The average molecular weight is 252 g/mol. The molecule has 1 aromatic carbocycles. The molecule has 1 rings (SSSR count). The Bertz CT molecular complexity index is 401. The minimum atomic E-state index is -1.03. The van der Waals surface area contributed by atoms with Crippen LogP contribution in [-0.2, 0) is 4.79 Å². The lowest BCUT2D eigenvalue weighted by atomic mass is 9.86. The van der Waals surface area contributed by atoms with E-state index < -0.39 is 18.0 Å². The molecule has 0 heterocycles. The van der Waals surface area contributed by atoms with Gasteiger partial charge in [0.15, 0.2) is 0 Å². The maximum absolute atomic E-state index is 11.2. The molecule has 0 saturated heterocycles. The zero-order chi connectivity index (χ0) is 13.7. The van der Waals surface area contributed by atoms with E-state index in [1.165, 1.54) is 0 Å². The lowest BCUT2D eigenvalue weighted by Crippen LogP contribution is -2.26. The van der Waals surface area contributed by atoms with E-state index in [0.717, 1.165) is 0 Å². The summed E-state index contributed by atoms with van der Waals surface area (Å²) in [5.41, 5.74) is 0.571. The van der Waals surface area contributed by atoms with Crippen LogP contribution in [0, 0.1) is 11.8 Å². The molecule has 100 valence electrons. The smallest absolute Gasteiger partial charge is 0.309 e. The molecular formula is C14H20O4. The molecule has 0 aliphatic rings. The van der Waals surface area contributed by atoms with Crippen LogP contribution in [0.25, 0.3) is 0 Å². The second kappa shape index (κ2) is 6.40. The van der Waals surface area contributed by atoms with E-state index in [9.17, 15) is 9.90 Å². The Morgan fingerprint density at radius 2 is 2.06 bits per heavy atom. The monoisotopic (exact) mass is 252 g/mol. The van der Waals surface area contributed by atoms with Gasteiger partial charge in [0.05, 0.1) is 18.6 Å². The fraction of sp³-hybridized carbons (Fsp3) is 0.500. The number of ether oxygens (including phenoxy) is 1. The van der Waals surface area contributed by atoms with Gasteiger partial charge in [0.1, 0.15) is 5.75 Å². The Morgan fingerprint density at radius 3 is 2.56 bits per heavy atom. The fourth-order valence-corrected chi connectivity index (χ4v) is 1.95. The molecule has 0 saturated carbocycles. The van der Waals surface area contributed by atoms with Crippen molar-refractivity contribution in [2.45, 2.75) is 26.9 Å². The molecule has 18 heavy (non-hydrogen) atoms. The average Bonchev–Trinajstić information content (AvgIpc) is 2.28. The molecule has 2 N–H and O–H groups in total. The van der Waals surface area contributed by atoms with Gasteiger partial charge in [-0.05, 0) is 30.5 Å². The van der Waals surface area contributed by atoms with Crippen LogP contribution in [-0.4, -0.2) is 22.8 Å². The molecule has 4 heteroatoms. The van der Waals surface area contributed by atoms with E-state index in [2.05, 4.69) is 0 Å². The normalized spacial score (nSPS) is 14.3. The van der Waals surface area contributed by atoms with E-state index in [0.29, 0.717) is 17.9 Å². The summed E-state index contributed by atoms with van der Waals surface area (Å²) < 4.78 is 5.34. The van der Waals surface area contributed by atoms with Crippen LogP contribution >= 0.6 is 0 Å². The van der Waals surface area contributed by atoms with Gasteiger partial charge >= 0.3 is 5.97 Å². The van der Waals surface area contributed by atoms with Crippen LogP contribution in [0.2, 0.25) is 0 Å². The van der Waals surface area contributed by atoms with Crippen molar-refractivity contribution >= 4 is 5.97 Å². The van der Waals surface area contributed by atoms with Crippen LogP contribution in [0.4, 0.5) is 0 Å². The first-order valence-electron chi connectivity index (χ1n) is 6.11. The first-order chi connectivity index (χ1) is 8.47. The number of rotatable bonds is 6. The zero-order valence-corrected chi connectivity index (χ0v) is 11.0. The fourth-order valence-electron chi connectivity index (χ4n) is 1.95. The van der Waals surface area contributed by atoms with Crippen LogP contribution in [0.3, 0.4) is 0 Å². The molecule has 1 aromatic rings. The summed E-state index contributed by atoms with van der Waals surface area (Å²) in [4.78, 5) is 11.2. The number of hydrogen-bond acceptors (Lipinski definition) is 3. The summed E-state index contributed by atoms with van der Waals surface area (Å²) in [5, 5.41) is 19.3. The van der Waals surface area contributed by atoms with Gasteiger partial charge in [0, 0.05) is 0 Å². The SMILES string of the molecule is CCOc1cccc(C(O)C(C(=O)O)C(C)C)c1. The van der Waals surface area contributed by atoms with Crippen LogP contribution < -0.4 is 4.74 Å². The topological polar surface area (TPSA) is 66.8 Å². The third-order valence-electron chi connectivity index (χ3n) is 2.85. The first kappa shape index (κ1) is 14.5. The van der Waals surface area contributed by atoms with Crippen molar-refractivity contribution in [3.05, 3.63) is 29.8 Å². The maximum Gasteiger partial charge on any atom is 0.309 e. The van der Waals surface area contributed by atoms with Gasteiger partial charge in [0.2, 0.25) is 0 Å². The highest BCUT2D eigenvalue weighted by Gasteiger charge is 2.30. The summed E-state index contributed by atoms with van der Waals surface area (Å²) in [6.45, 7) is 5.98. The maximum atomic E-state index is 11.2. The highest BCUT2D eigenvalue weighted by molar-refractivity contribution is 5.71. The number of aliphatic carboxylic acids is 1. The Hall–Kier alpha value is -1.55. The number of hydrogen-bond donors (Lipinski definition) is 2. The van der Waals surface area contributed by atoms with Crippen LogP contribution in [0.5, 0.6) is 5.75 Å². The molecular weight excluding hydrogens is 232 g/mol. The highest BCUT2D eigenvalue weighted by Crippen LogP contribution is 2.30. The lowest BCUT2D eigenvalue weighted by Gasteiger charge is -2.23. The molecule has 4 nitrogen and oxygen atoms in total. The van der Waals surface area contributed by atoms with Crippen molar-refractivity contribution in [3.63, 3.8) is 0 Å². The minimum absolute atomic E-state index is 0.145. The number of carbonyl (C=O) groups is 1. The molecule has 0 fully saturated rings. The van der Waals surface area contributed by atoms with Gasteiger partial charge in [-0.3, -0.25) is 4.79 Å². The number of carboxylic acid groups (broad SMARTS) is 1. The van der Waals surface area contributed by atoms with Crippen molar-refractivity contribution in [2.24, 2.45) is 11.8 Å². The number of aliphatic hydroxyl groups is 1. The van der Waals surface area contributed by atoms with E-state index in [-0.39, 0.29) is 5.92 Å².